The van der Waals surface area contributed by atoms with E-state index in [2.05, 4.69) is 6.07 Å². The largest absolute Gasteiger partial charge is 0.468 e. The van der Waals surface area contributed by atoms with Gasteiger partial charge in [-0.05, 0) is 42.8 Å². The number of hydrogen-bond acceptors (Lipinski definition) is 6. The summed E-state index contributed by atoms with van der Waals surface area (Å²) in [6.45, 7) is 3.35. The van der Waals surface area contributed by atoms with Crippen LogP contribution in [0.25, 0.3) is 10.8 Å². The Morgan fingerprint density at radius 2 is 1.93 bits per heavy atom. The summed E-state index contributed by atoms with van der Waals surface area (Å²) >= 11 is 0. The minimum atomic E-state index is -0.573. The highest BCUT2D eigenvalue weighted by Gasteiger charge is 2.25. The summed E-state index contributed by atoms with van der Waals surface area (Å²) in [5.41, 5.74) is 1.27. The molecule has 0 spiro atoms. The molecule has 0 saturated carbocycles. The van der Waals surface area contributed by atoms with E-state index in [9.17, 15) is 9.59 Å². The molecule has 0 aliphatic rings. The Bertz CT molecular complexity index is 1040. The van der Waals surface area contributed by atoms with Gasteiger partial charge in [-0.3, -0.25) is 9.59 Å². The van der Waals surface area contributed by atoms with Gasteiger partial charge in [0.1, 0.15) is 11.5 Å². The Labute approximate surface area is 162 Å². The number of carbonyl (C=O) groups excluding carboxylic acids is 2. The van der Waals surface area contributed by atoms with Crippen molar-refractivity contribution in [1.82, 2.24) is 0 Å². The number of esters is 2. The first-order chi connectivity index (χ1) is 13.5. The summed E-state index contributed by atoms with van der Waals surface area (Å²) in [6.07, 6.45) is 1.89. The molecule has 0 radical (unpaired) electrons. The molecule has 0 fully saturated rings. The first-order valence-electron chi connectivity index (χ1n) is 8.87. The lowest BCUT2D eigenvalue weighted by molar-refractivity contribution is -0.145. The number of rotatable bonds is 6. The maximum Gasteiger partial charge on any atom is 0.313 e. The lowest BCUT2D eigenvalue weighted by Gasteiger charge is -2.15. The van der Waals surface area contributed by atoms with Crippen LogP contribution < -0.4 is 4.74 Å². The molecule has 1 atom stereocenters. The average molecular weight is 377 g/mol. The van der Waals surface area contributed by atoms with Crippen molar-refractivity contribution in [3.05, 3.63) is 65.6 Å². The van der Waals surface area contributed by atoms with E-state index in [0.717, 1.165) is 16.3 Å². The normalized spacial score (nSPS) is 11.6. The van der Waals surface area contributed by atoms with E-state index in [1.165, 1.54) is 6.92 Å². The van der Waals surface area contributed by atoms with E-state index in [-0.39, 0.29) is 12.6 Å². The monoisotopic (exact) mass is 377 g/mol. The summed E-state index contributed by atoms with van der Waals surface area (Å²) in [6, 6.07) is 14.1. The molecule has 6 heteroatoms. The summed E-state index contributed by atoms with van der Waals surface area (Å²) < 4.78 is 16.0. The van der Waals surface area contributed by atoms with E-state index >= 15 is 0 Å². The summed E-state index contributed by atoms with van der Waals surface area (Å²) in [5.74, 6) is -0.293. The molecule has 142 valence electrons. The third kappa shape index (κ3) is 4.21. The molecular weight excluding hydrogens is 358 g/mol. The van der Waals surface area contributed by atoms with E-state index in [1.807, 2.05) is 6.07 Å². The van der Waals surface area contributed by atoms with Gasteiger partial charge in [0, 0.05) is 24.1 Å². The Morgan fingerprint density at radius 3 is 2.57 bits per heavy atom. The Hall–Kier alpha value is -3.59. The third-order valence-corrected chi connectivity index (χ3v) is 4.31. The van der Waals surface area contributed by atoms with Crippen LogP contribution in [0.1, 0.15) is 36.7 Å². The van der Waals surface area contributed by atoms with Crippen molar-refractivity contribution in [1.29, 1.82) is 5.26 Å². The Morgan fingerprint density at radius 1 is 1.18 bits per heavy atom. The van der Waals surface area contributed by atoms with Crippen molar-refractivity contribution in [2.45, 2.75) is 26.2 Å². The highest BCUT2D eigenvalue weighted by molar-refractivity contribution is 5.86. The van der Waals surface area contributed by atoms with E-state index in [1.54, 1.807) is 49.6 Å². The van der Waals surface area contributed by atoms with Gasteiger partial charge in [0.25, 0.3) is 0 Å². The number of hydrogen-bond donors (Lipinski definition) is 0. The maximum atomic E-state index is 12.6. The van der Waals surface area contributed by atoms with Crippen LogP contribution in [0.4, 0.5) is 0 Å². The zero-order chi connectivity index (χ0) is 20.1. The van der Waals surface area contributed by atoms with Gasteiger partial charge in [-0.2, -0.15) is 5.26 Å². The van der Waals surface area contributed by atoms with Gasteiger partial charge < -0.3 is 13.9 Å². The molecule has 0 aliphatic heterocycles. The van der Waals surface area contributed by atoms with Crippen LogP contribution in [0.2, 0.25) is 0 Å². The highest BCUT2D eigenvalue weighted by Crippen LogP contribution is 2.30. The van der Waals surface area contributed by atoms with Gasteiger partial charge in [0.15, 0.2) is 0 Å². The molecule has 0 amide bonds. The van der Waals surface area contributed by atoms with Gasteiger partial charge in [-0.15, -0.1) is 0 Å². The molecule has 0 bridgehead atoms. The number of fused-ring (bicyclic) bond motifs is 1. The average Bonchev–Trinajstić information content (AvgIpc) is 3.08. The molecule has 1 aromatic heterocycles. The fourth-order valence-electron chi connectivity index (χ4n) is 3.04. The molecule has 3 rings (SSSR count). The van der Waals surface area contributed by atoms with Crippen molar-refractivity contribution < 1.29 is 23.5 Å². The fourth-order valence-corrected chi connectivity index (χ4v) is 3.04. The van der Waals surface area contributed by atoms with Gasteiger partial charge in [0.2, 0.25) is 0 Å². The zero-order valence-corrected chi connectivity index (χ0v) is 15.6. The molecule has 2 aromatic carbocycles. The number of carbonyl (C=O) groups is 2. The zero-order valence-electron chi connectivity index (χ0n) is 15.6. The van der Waals surface area contributed by atoms with Crippen molar-refractivity contribution in [3.8, 4) is 11.8 Å². The van der Waals surface area contributed by atoms with Crippen molar-refractivity contribution in [2.75, 3.05) is 6.61 Å². The topological polar surface area (TPSA) is 89.5 Å². The maximum absolute atomic E-state index is 12.6. The molecular formula is C22H19NO5. The predicted octanol–water partition coefficient (Wildman–Crippen LogP) is 4.12. The molecule has 1 unspecified atom stereocenters. The Balaban J connectivity index is 1.92. The Kier molecular flexibility index (Phi) is 5.75. The van der Waals surface area contributed by atoms with Crippen LogP contribution in [-0.4, -0.2) is 18.5 Å². The van der Waals surface area contributed by atoms with Gasteiger partial charge in [-0.25, -0.2) is 0 Å². The van der Waals surface area contributed by atoms with Crippen LogP contribution in [-0.2, 0) is 20.7 Å². The summed E-state index contributed by atoms with van der Waals surface area (Å²) in [4.78, 5) is 23.7. The van der Waals surface area contributed by atoms with Crippen LogP contribution in [0.3, 0.4) is 0 Å². The standard InChI is InChI=1S/C22H19NO5/c1-3-26-22(25)20(16-5-7-18(8-6-16)28-14(2)24)11-21-19-9-4-15(12-23)10-17(19)13-27-21/h4-10,13,20H,3,11H2,1-2H3. The second-order valence-corrected chi connectivity index (χ2v) is 6.24. The number of nitriles is 1. The van der Waals surface area contributed by atoms with Crippen LogP contribution in [0, 0.1) is 11.3 Å². The third-order valence-electron chi connectivity index (χ3n) is 4.31. The fraction of sp³-hybridized carbons (Fsp3) is 0.227. The number of ether oxygens (including phenoxy) is 2. The molecule has 0 saturated heterocycles. The van der Waals surface area contributed by atoms with Gasteiger partial charge >= 0.3 is 11.9 Å². The summed E-state index contributed by atoms with van der Waals surface area (Å²) in [5, 5.41) is 10.7. The van der Waals surface area contributed by atoms with E-state index in [4.69, 9.17) is 19.2 Å². The quantitative estimate of drug-likeness (QED) is 0.474. The SMILES string of the molecule is CCOC(=O)C(Cc1occ2cc(C#N)ccc12)c1ccc(OC(C)=O)cc1. The molecule has 6 nitrogen and oxygen atoms in total. The minimum Gasteiger partial charge on any atom is -0.468 e. The molecule has 28 heavy (non-hydrogen) atoms. The predicted molar refractivity (Wildman–Crippen MR) is 102 cm³/mol. The second-order valence-electron chi connectivity index (χ2n) is 6.24. The van der Waals surface area contributed by atoms with E-state index in [0.29, 0.717) is 23.5 Å². The molecule has 0 aliphatic carbocycles. The highest BCUT2D eigenvalue weighted by atomic mass is 16.5. The molecule has 0 N–H and O–H groups in total. The lowest BCUT2D eigenvalue weighted by Crippen LogP contribution is -2.18. The van der Waals surface area contributed by atoms with Crippen LogP contribution in [0.5, 0.6) is 5.75 Å². The van der Waals surface area contributed by atoms with Crippen LogP contribution >= 0.6 is 0 Å². The smallest absolute Gasteiger partial charge is 0.313 e. The number of furan rings is 1. The van der Waals surface area contributed by atoms with Gasteiger partial charge in [0.05, 0.1) is 30.4 Å². The van der Waals surface area contributed by atoms with Crippen molar-refractivity contribution in [3.63, 3.8) is 0 Å². The second kappa shape index (κ2) is 8.40. The van der Waals surface area contributed by atoms with E-state index < -0.39 is 11.9 Å². The molecule has 3 aromatic rings. The minimum absolute atomic E-state index is 0.269. The lowest BCUT2D eigenvalue weighted by atomic mass is 9.93. The number of benzene rings is 2. The summed E-state index contributed by atoms with van der Waals surface area (Å²) in [7, 11) is 0. The van der Waals surface area contributed by atoms with Crippen molar-refractivity contribution in [2.24, 2.45) is 0 Å². The van der Waals surface area contributed by atoms with Crippen LogP contribution in [0.15, 0.2) is 53.1 Å². The first-order valence-corrected chi connectivity index (χ1v) is 8.87. The van der Waals surface area contributed by atoms with Gasteiger partial charge in [-0.1, -0.05) is 12.1 Å². The van der Waals surface area contributed by atoms with Crippen molar-refractivity contribution >= 4 is 22.7 Å². The molecule has 1 heterocycles. The number of nitrogens with zero attached hydrogens (tertiary/aromatic N) is 1. The first kappa shape index (κ1) is 19.2.